The first-order valence-electron chi connectivity index (χ1n) is 8.26. The van der Waals surface area contributed by atoms with E-state index >= 15 is 0 Å². The molecule has 1 aromatic carbocycles. The third-order valence-electron chi connectivity index (χ3n) is 4.25. The Kier molecular flexibility index (Phi) is 4.86. The lowest BCUT2D eigenvalue weighted by molar-refractivity contribution is 0.102. The molecule has 1 aliphatic rings. The molecule has 3 rings (SSSR count). The molecule has 5 heteroatoms. The van der Waals surface area contributed by atoms with Gasteiger partial charge in [-0.25, -0.2) is 0 Å². The molecule has 0 radical (unpaired) electrons. The molecular formula is C18H22N4O. The number of para-hydroxylation sites is 1. The van der Waals surface area contributed by atoms with Gasteiger partial charge in [-0.15, -0.1) is 10.2 Å². The number of aromatic nitrogens is 2. The number of nitrogens with zero attached hydrogens (tertiary/aromatic N) is 2. The summed E-state index contributed by atoms with van der Waals surface area (Å²) in [5, 5.41) is 14.5. The molecule has 0 atom stereocenters. The Morgan fingerprint density at radius 1 is 1.13 bits per heavy atom. The van der Waals surface area contributed by atoms with Crippen LogP contribution in [-0.2, 0) is 6.42 Å². The molecule has 0 aliphatic heterocycles. The van der Waals surface area contributed by atoms with E-state index in [9.17, 15) is 4.79 Å². The lowest BCUT2D eigenvalue weighted by Crippen LogP contribution is -2.18. The average molecular weight is 310 g/mol. The van der Waals surface area contributed by atoms with Crippen molar-refractivity contribution in [2.75, 3.05) is 10.6 Å². The number of aryl methyl sites for hydroxylation is 1. The Hall–Kier alpha value is -2.43. The molecule has 1 saturated carbocycles. The summed E-state index contributed by atoms with van der Waals surface area (Å²) in [7, 11) is 0. The van der Waals surface area contributed by atoms with Gasteiger partial charge in [-0.3, -0.25) is 4.79 Å². The van der Waals surface area contributed by atoms with E-state index in [1.165, 1.54) is 25.7 Å². The molecular weight excluding hydrogens is 288 g/mol. The zero-order chi connectivity index (χ0) is 16.1. The van der Waals surface area contributed by atoms with Crippen LogP contribution in [0.1, 0.15) is 48.7 Å². The quantitative estimate of drug-likeness (QED) is 0.884. The van der Waals surface area contributed by atoms with E-state index in [4.69, 9.17) is 0 Å². The predicted molar refractivity (Wildman–Crippen MR) is 91.7 cm³/mol. The number of hydrogen-bond donors (Lipinski definition) is 2. The lowest BCUT2D eigenvalue weighted by atomic mass is 10.1. The van der Waals surface area contributed by atoms with Crippen molar-refractivity contribution in [3.05, 3.63) is 47.7 Å². The molecule has 2 N–H and O–H groups in total. The summed E-state index contributed by atoms with van der Waals surface area (Å²) in [5.74, 6) is 0.508. The summed E-state index contributed by atoms with van der Waals surface area (Å²) in [5.41, 5.74) is 2.26. The molecule has 0 spiro atoms. The van der Waals surface area contributed by atoms with Crippen molar-refractivity contribution in [1.82, 2.24) is 10.2 Å². The first kappa shape index (κ1) is 15.5. The molecule has 1 fully saturated rings. The second-order valence-corrected chi connectivity index (χ2v) is 5.89. The number of rotatable bonds is 5. The van der Waals surface area contributed by atoms with Crippen molar-refractivity contribution >= 4 is 17.4 Å². The largest absolute Gasteiger partial charge is 0.366 e. The van der Waals surface area contributed by atoms with Crippen LogP contribution in [0.15, 0.2) is 36.4 Å². The second-order valence-electron chi connectivity index (χ2n) is 5.89. The Morgan fingerprint density at radius 3 is 2.61 bits per heavy atom. The Morgan fingerprint density at radius 2 is 1.91 bits per heavy atom. The average Bonchev–Trinajstić information content (AvgIpc) is 3.09. The number of amides is 1. The molecule has 120 valence electrons. The Balaban J connectivity index is 1.65. The van der Waals surface area contributed by atoms with Crippen molar-refractivity contribution in [1.29, 1.82) is 0 Å². The summed E-state index contributed by atoms with van der Waals surface area (Å²) in [6, 6.07) is 11.8. The molecule has 1 aromatic heterocycles. The maximum atomic E-state index is 12.3. The molecule has 2 aromatic rings. The molecule has 1 amide bonds. The van der Waals surface area contributed by atoms with Gasteiger partial charge >= 0.3 is 0 Å². The van der Waals surface area contributed by atoms with Gasteiger partial charge in [0.15, 0.2) is 5.69 Å². The van der Waals surface area contributed by atoms with E-state index < -0.39 is 0 Å². The van der Waals surface area contributed by atoms with Crippen LogP contribution in [0.25, 0.3) is 0 Å². The minimum atomic E-state index is -0.231. The lowest BCUT2D eigenvalue weighted by Gasteiger charge is -2.12. The van der Waals surface area contributed by atoms with Crippen molar-refractivity contribution in [3.8, 4) is 0 Å². The van der Waals surface area contributed by atoms with Gasteiger partial charge in [-0.1, -0.05) is 38.0 Å². The summed E-state index contributed by atoms with van der Waals surface area (Å²) in [6.07, 6.45) is 5.76. The van der Waals surface area contributed by atoms with E-state index in [1.54, 1.807) is 6.07 Å². The van der Waals surface area contributed by atoms with Crippen LogP contribution in [-0.4, -0.2) is 22.1 Å². The van der Waals surface area contributed by atoms with E-state index in [0.717, 1.165) is 23.5 Å². The molecule has 1 heterocycles. The van der Waals surface area contributed by atoms with E-state index in [2.05, 4.69) is 27.8 Å². The smallest absolute Gasteiger partial charge is 0.276 e. The third-order valence-corrected chi connectivity index (χ3v) is 4.25. The van der Waals surface area contributed by atoms with Gasteiger partial charge in [0.25, 0.3) is 5.91 Å². The van der Waals surface area contributed by atoms with Crippen LogP contribution in [0.2, 0.25) is 0 Å². The van der Waals surface area contributed by atoms with Gasteiger partial charge in [-0.2, -0.15) is 0 Å². The van der Waals surface area contributed by atoms with Crippen molar-refractivity contribution in [3.63, 3.8) is 0 Å². The van der Waals surface area contributed by atoms with Crippen molar-refractivity contribution in [2.45, 2.75) is 45.1 Å². The fraction of sp³-hybridized carbons (Fsp3) is 0.389. The maximum absolute atomic E-state index is 12.3. The van der Waals surface area contributed by atoms with Crippen LogP contribution >= 0.6 is 0 Å². The van der Waals surface area contributed by atoms with Gasteiger partial charge in [0.05, 0.1) is 0 Å². The molecule has 0 saturated heterocycles. The number of hydrogen-bond acceptors (Lipinski definition) is 4. The zero-order valence-corrected chi connectivity index (χ0v) is 13.4. The van der Waals surface area contributed by atoms with Gasteiger partial charge in [0.2, 0.25) is 0 Å². The molecule has 1 aliphatic carbocycles. The number of anilines is 2. The fourth-order valence-electron chi connectivity index (χ4n) is 2.95. The molecule has 0 unspecified atom stereocenters. The van der Waals surface area contributed by atoms with Crippen LogP contribution in [0, 0.1) is 0 Å². The molecule has 0 bridgehead atoms. The van der Waals surface area contributed by atoms with Crippen molar-refractivity contribution in [2.24, 2.45) is 0 Å². The van der Waals surface area contributed by atoms with E-state index in [-0.39, 0.29) is 5.91 Å². The number of carbonyl (C=O) groups is 1. The first-order valence-corrected chi connectivity index (χ1v) is 8.26. The number of carbonyl (C=O) groups excluding carboxylic acids is 1. The van der Waals surface area contributed by atoms with Gasteiger partial charge < -0.3 is 10.6 Å². The fourth-order valence-corrected chi connectivity index (χ4v) is 2.95. The second kappa shape index (κ2) is 7.22. The SMILES string of the molecule is CCc1ccccc1NC(=O)c1ccc(NC2CCCC2)nn1. The predicted octanol–water partition coefficient (Wildman–Crippen LogP) is 3.65. The van der Waals surface area contributed by atoms with E-state index in [0.29, 0.717) is 11.7 Å². The maximum Gasteiger partial charge on any atom is 0.276 e. The summed E-state index contributed by atoms with van der Waals surface area (Å²) in [4.78, 5) is 12.3. The monoisotopic (exact) mass is 310 g/mol. The highest BCUT2D eigenvalue weighted by Crippen LogP contribution is 2.21. The summed E-state index contributed by atoms with van der Waals surface area (Å²) < 4.78 is 0. The Bertz CT molecular complexity index is 663. The van der Waals surface area contributed by atoms with Gasteiger partial charge in [0, 0.05) is 11.7 Å². The third kappa shape index (κ3) is 3.86. The van der Waals surface area contributed by atoms with Crippen LogP contribution in [0.3, 0.4) is 0 Å². The first-order chi connectivity index (χ1) is 11.3. The number of benzene rings is 1. The van der Waals surface area contributed by atoms with E-state index in [1.807, 2.05) is 30.3 Å². The van der Waals surface area contributed by atoms with Crippen molar-refractivity contribution < 1.29 is 4.79 Å². The Labute approximate surface area is 136 Å². The summed E-state index contributed by atoms with van der Waals surface area (Å²) >= 11 is 0. The van der Waals surface area contributed by atoms with Gasteiger partial charge in [0.1, 0.15) is 5.82 Å². The molecule has 5 nitrogen and oxygen atoms in total. The minimum absolute atomic E-state index is 0.231. The minimum Gasteiger partial charge on any atom is -0.366 e. The standard InChI is InChI=1S/C18H22N4O/c1-2-13-7-3-6-10-15(13)20-18(23)16-11-12-17(22-21-16)19-14-8-4-5-9-14/h3,6-7,10-12,14H,2,4-5,8-9H2,1H3,(H,19,22)(H,20,23). The van der Waals surface area contributed by atoms with Crippen LogP contribution in [0.4, 0.5) is 11.5 Å². The highest BCUT2D eigenvalue weighted by Gasteiger charge is 2.16. The van der Waals surface area contributed by atoms with Crippen LogP contribution < -0.4 is 10.6 Å². The highest BCUT2D eigenvalue weighted by atomic mass is 16.1. The molecule has 23 heavy (non-hydrogen) atoms. The zero-order valence-electron chi connectivity index (χ0n) is 13.4. The summed E-state index contributed by atoms with van der Waals surface area (Å²) in [6.45, 7) is 2.06. The topological polar surface area (TPSA) is 66.9 Å². The highest BCUT2D eigenvalue weighted by molar-refractivity contribution is 6.03. The van der Waals surface area contributed by atoms with Crippen LogP contribution in [0.5, 0.6) is 0 Å². The van der Waals surface area contributed by atoms with Gasteiger partial charge in [-0.05, 0) is 43.0 Å². The normalized spacial score (nSPS) is 14.7. The number of nitrogens with one attached hydrogen (secondary N) is 2.